The highest BCUT2D eigenvalue weighted by molar-refractivity contribution is 5.97. The summed E-state index contributed by atoms with van der Waals surface area (Å²) in [6.45, 7) is 6.03. The van der Waals surface area contributed by atoms with Crippen LogP contribution in [0.4, 0.5) is 11.4 Å². The van der Waals surface area contributed by atoms with Gasteiger partial charge >= 0.3 is 0 Å². The fraction of sp³-hybridized carbons (Fsp3) is 0.316. The Kier molecular flexibility index (Phi) is 5.63. The van der Waals surface area contributed by atoms with Crippen LogP contribution in [-0.4, -0.2) is 19.1 Å². The van der Waals surface area contributed by atoms with Crippen molar-refractivity contribution in [1.29, 1.82) is 0 Å². The topological polar surface area (TPSA) is 50.4 Å². The molecule has 0 aromatic heterocycles. The third-order valence-electron chi connectivity index (χ3n) is 4.02. The number of amides is 1. The molecular formula is C19H24N2O2. The molecule has 2 rings (SSSR count). The molecule has 0 saturated heterocycles. The van der Waals surface area contributed by atoms with E-state index in [4.69, 9.17) is 4.74 Å². The van der Waals surface area contributed by atoms with Crippen LogP contribution in [0.1, 0.15) is 24.5 Å². The monoisotopic (exact) mass is 312 g/mol. The zero-order chi connectivity index (χ0) is 16.8. The Morgan fingerprint density at radius 3 is 2.48 bits per heavy atom. The zero-order valence-electron chi connectivity index (χ0n) is 14.1. The van der Waals surface area contributed by atoms with Crippen molar-refractivity contribution in [3.63, 3.8) is 0 Å². The van der Waals surface area contributed by atoms with Gasteiger partial charge in [0.1, 0.15) is 11.8 Å². The molecule has 23 heavy (non-hydrogen) atoms. The fourth-order valence-corrected chi connectivity index (χ4v) is 2.41. The van der Waals surface area contributed by atoms with Crippen molar-refractivity contribution < 1.29 is 9.53 Å². The quantitative estimate of drug-likeness (QED) is 0.843. The van der Waals surface area contributed by atoms with Crippen LogP contribution in [0.3, 0.4) is 0 Å². The van der Waals surface area contributed by atoms with Crippen LogP contribution < -0.4 is 15.4 Å². The van der Waals surface area contributed by atoms with E-state index in [2.05, 4.69) is 10.6 Å². The van der Waals surface area contributed by atoms with Gasteiger partial charge in [-0.3, -0.25) is 4.79 Å². The molecule has 0 bridgehead atoms. The second-order valence-electron chi connectivity index (χ2n) is 5.54. The summed E-state index contributed by atoms with van der Waals surface area (Å²) in [4.78, 5) is 12.6. The maximum absolute atomic E-state index is 12.6. The first-order valence-electron chi connectivity index (χ1n) is 7.83. The van der Waals surface area contributed by atoms with Crippen LogP contribution in [0.2, 0.25) is 0 Å². The van der Waals surface area contributed by atoms with E-state index in [0.29, 0.717) is 6.42 Å². The molecule has 0 spiro atoms. The number of benzene rings is 2. The van der Waals surface area contributed by atoms with Gasteiger partial charge in [0.2, 0.25) is 5.91 Å². The van der Waals surface area contributed by atoms with Gasteiger partial charge in [-0.05, 0) is 49.6 Å². The summed E-state index contributed by atoms with van der Waals surface area (Å²) >= 11 is 0. The average Bonchev–Trinajstić information content (AvgIpc) is 2.57. The molecule has 0 heterocycles. The minimum absolute atomic E-state index is 0.0490. The second kappa shape index (κ2) is 7.68. The summed E-state index contributed by atoms with van der Waals surface area (Å²) in [5, 5.41) is 6.28. The molecule has 0 fully saturated rings. The summed E-state index contributed by atoms with van der Waals surface area (Å²) in [6.07, 6.45) is 0.675. The van der Waals surface area contributed by atoms with Gasteiger partial charge in [-0.25, -0.2) is 0 Å². The van der Waals surface area contributed by atoms with Crippen LogP contribution >= 0.6 is 0 Å². The second-order valence-corrected chi connectivity index (χ2v) is 5.54. The van der Waals surface area contributed by atoms with Crippen LogP contribution in [0.5, 0.6) is 5.75 Å². The number of carbonyl (C=O) groups excluding carboxylic acids is 1. The van der Waals surface area contributed by atoms with Crippen molar-refractivity contribution in [2.45, 2.75) is 33.2 Å². The predicted octanol–water partition coefficient (Wildman–Crippen LogP) is 4.14. The van der Waals surface area contributed by atoms with Gasteiger partial charge in [0.05, 0.1) is 12.8 Å². The first kappa shape index (κ1) is 16.9. The summed E-state index contributed by atoms with van der Waals surface area (Å²) in [5.74, 6) is 0.678. The molecule has 1 atom stereocenters. The van der Waals surface area contributed by atoms with Gasteiger partial charge in [0, 0.05) is 5.69 Å². The van der Waals surface area contributed by atoms with Gasteiger partial charge in [-0.1, -0.05) is 31.2 Å². The molecule has 2 aromatic rings. The highest BCUT2D eigenvalue weighted by Gasteiger charge is 2.18. The van der Waals surface area contributed by atoms with E-state index < -0.39 is 0 Å². The Morgan fingerprint density at radius 2 is 1.78 bits per heavy atom. The number of hydrogen-bond acceptors (Lipinski definition) is 3. The van der Waals surface area contributed by atoms with Crippen LogP contribution in [0.25, 0.3) is 0 Å². The first-order chi connectivity index (χ1) is 11.1. The van der Waals surface area contributed by atoms with Crippen LogP contribution in [0.15, 0.2) is 42.5 Å². The maximum Gasteiger partial charge on any atom is 0.246 e. The van der Waals surface area contributed by atoms with Crippen molar-refractivity contribution in [3.8, 4) is 5.75 Å². The van der Waals surface area contributed by atoms with Crippen LogP contribution in [0, 0.1) is 13.8 Å². The Balaban J connectivity index is 2.14. The smallest absolute Gasteiger partial charge is 0.246 e. The van der Waals surface area contributed by atoms with E-state index in [9.17, 15) is 4.79 Å². The van der Waals surface area contributed by atoms with E-state index in [1.165, 1.54) is 0 Å². The van der Waals surface area contributed by atoms with E-state index in [1.54, 1.807) is 7.11 Å². The molecule has 0 unspecified atom stereocenters. The fourth-order valence-electron chi connectivity index (χ4n) is 2.41. The summed E-state index contributed by atoms with van der Waals surface area (Å²) in [6, 6.07) is 13.2. The molecule has 0 saturated carbocycles. The number of ether oxygens (including phenoxy) is 1. The molecule has 0 aliphatic carbocycles. The van der Waals surface area contributed by atoms with Gasteiger partial charge in [-0.15, -0.1) is 0 Å². The Bertz CT molecular complexity index is 683. The van der Waals surface area contributed by atoms with Gasteiger partial charge in [0.25, 0.3) is 0 Å². The number of para-hydroxylation sites is 2. The largest absolute Gasteiger partial charge is 0.495 e. The molecule has 122 valence electrons. The van der Waals surface area contributed by atoms with Gasteiger partial charge in [0.15, 0.2) is 0 Å². The average molecular weight is 312 g/mol. The van der Waals surface area contributed by atoms with Gasteiger partial charge < -0.3 is 15.4 Å². The van der Waals surface area contributed by atoms with Crippen molar-refractivity contribution >= 4 is 17.3 Å². The number of carbonyl (C=O) groups is 1. The number of methoxy groups -OCH3 is 1. The highest BCUT2D eigenvalue weighted by Crippen LogP contribution is 2.25. The van der Waals surface area contributed by atoms with E-state index in [1.807, 2.05) is 63.2 Å². The zero-order valence-corrected chi connectivity index (χ0v) is 14.1. The number of anilines is 2. The molecule has 0 aliphatic heterocycles. The van der Waals surface area contributed by atoms with Crippen molar-refractivity contribution in [1.82, 2.24) is 0 Å². The van der Waals surface area contributed by atoms with Gasteiger partial charge in [-0.2, -0.15) is 0 Å². The molecule has 2 aromatic carbocycles. The molecule has 0 radical (unpaired) electrons. The summed E-state index contributed by atoms with van der Waals surface area (Å²) < 4.78 is 5.33. The minimum Gasteiger partial charge on any atom is -0.495 e. The van der Waals surface area contributed by atoms with E-state index >= 15 is 0 Å². The first-order valence-corrected chi connectivity index (χ1v) is 7.83. The molecule has 4 heteroatoms. The Hall–Kier alpha value is -2.49. The predicted molar refractivity (Wildman–Crippen MR) is 95.2 cm³/mol. The lowest BCUT2D eigenvalue weighted by atomic mass is 10.1. The number of hydrogen-bond donors (Lipinski definition) is 2. The van der Waals surface area contributed by atoms with Crippen molar-refractivity contribution in [3.05, 3.63) is 53.6 Å². The third kappa shape index (κ3) is 4.03. The lowest BCUT2D eigenvalue weighted by Gasteiger charge is -2.20. The Labute approximate surface area is 137 Å². The number of nitrogens with one attached hydrogen (secondary N) is 2. The molecule has 1 amide bonds. The highest BCUT2D eigenvalue weighted by atomic mass is 16.5. The lowest BCUT2D eigenvalue weighted by Crippen LogP contribution is -2.34. The van der Waals surface area contributed by atoms with E-state index in [0.717, 1.165) is 28.3 Å². The number of aryl methyl sites for hydroxylation is 1. The van der Waals surface area contributed by atoms with Crippen LogP contribution in [-0.2, 0) is 4.79 Å². The number of rotatable bonds is 6. The molecule has 0 aliphatic rings. The molecule has 2 N–H and O–H groups in total. The lowest BCUT2D eigenvalue weighted by molar-refractivity contribution is -0.117. The van der Waals surface area contributed by atoms with E-state index in [-0.39, 0.29) is 11.9 Å². The maximum atomic E-state index is 12.6. The molecule has 4 nitrogen and oxygen atoms in total. The summed E-state index contributed by atoms with van der Waals surface area (Å²) in [7, 11) is 1.62. The third-order valence-corrected chi connectivity index (χ3v) is 4.02. The molecular weight excluding hydrogens is 288 g/mol. The Morgan fingerprint density at radius 1 is 1.09 bits per heavy atom. The summed E-state index contributed by atoms with van der Waals surface area (Å²) in [5.41, 5.74) is 3.93. The standard InChI is InChI=1S/C19H24N2O2/c1-5-15(20-17-10-6-7-12-18(17)23-4)19(22)21-16-11-8-9-13(2)14(16)3/h6-12,15,20H,5H2,1-4H3,(H,21,22)/t15-/m1/s1. The van der Waals surface area contributed by atoms with Crippen molar-refractivity contribution in [2.75, 3.05) is 17.7 Å². The SMILES string of the molecule is CC[C@@H](Nc1ccccc1OC)C(=O)Nc1cccc(C)c1C. The normalized spacial score (nSPS) is 11.7. The van der Waals surface area contributed by atoms with Crippen molar-refractivity contribution in [2.24, 2.45) is 0 Å². The minimum atomic E-state index is -0.328.